The normalized spacial score (nSPS) is 16.4. The highest BCUT2D eigenvalue weighted by Crippen LogP contribution is 2.15. The van der Waals surface area contributed by atoms with Crippen molar-refractivity contribution in [1.82, 2.24) is 10.2 Å². The molecule has 4 nitrogen and oxygen atoms in total. The monoisotopic (exact) mass is 330 g/mol. The molecule has 1 fully saturated rings. The molecule has 0 aromatic heterocycles. The van der Waals surface area contributed by atoms with Crippen LogP contribution in [0.2, 0.25) is 0 Å². The van der Waals surface area contributed by atoms with Crippen LogP contribution in [0, 0.1) is 13.8 Å². The first kappa shape index (κ1) is 18.7. The molecule has 1 aliphatic heterocycles. The molecule has 1 aromatic rings. The number of nitrogens with one attached hydrogen (secondary N) is 1. The fourth-order valence-corrected chi connectivity index (χ4v) is 3.26. The molecular weight excluding hydrogens is 300 g/mol. The second-order valence-corrected chi connectivity index (χ2v) is 7.21. The van der Waals surface area contributed by atoms with Crippen LogP contribution in [-0.2, 0) is 4.79 Å². The van der Waals surface area contributed by atoms with Crippen LogP contribution in [0.15, 0.2) is 18.2 Å². The molecule has 1 amide bonds. The highest BCUT2D eigenvalue weighted by Gasteiger charge is 2.22. The van der Waals surface area contributed by atoms with Gasteiger partial charge in [0.15, 0.2) is 5.78 Å². The van der Waals surface area contributed by atoms with Gasteiger partial charge in [-0.05, 0) is 52.2 Å². The van der Waals surface area contributed by atoms with Crippen molar-refractivity contribution in [3.05, 3.63) is 34.9 Å². The summed E-state index contributed by atoms with van der Waals surface area (Å²) in [5.41, 5.74) is 2.80. The van der Waals surface area contributed by atoms with Gasteiger partial charge in [0.05, 0.1) is 0 Å². The number of rotatable bonds is 6. The number of amides is 1. The lowest BCUT2D eigenvalue weighted by atomic mass is 9.99. The molecule has 24 heavy (non-hydrogen) atoms. The van der Waals surface area contributed by atoms with Crippen LogP contribution in [0.1, 0.15) is 61.0 Å². The van der Waals surface area contributed by atoms with Gasteiger partial charge in [0.1, 0.15) is 0 Å². The Morgan fingerprint density at radius 2 is 1.83 bits per heavy atom. The molecule has 1 heterocycles. The second-order valence-electron chi connectivity index (χ2n) is 7.21. The Morgan fingerprint density at radius 1 is 1.17 bits per heavy atom. The Morgan fingerprint density at radius 3 is 2.46 bits per heavy atom. The van der Waals surface area contributed by atoms with Crippen LogP contribution in [0.25, 0.3) is 0 Å². The predicted molar refractivity (Wildman–Crippen MR) is 97.4 cm³/mol. The quantitative estimate of drug-likeness (QED) is 0.815. The number of nitrogens with zero attached hydrogens (tertiary/aromatic N) is 1. The van der Waals surface area contributed by atoms with Crippen LogP contribution in [0.4, 0.5) is 0 Å². The van der Waals surface area contributed by atoms with Gasteiger partial charge in [-0.3, -0.25) is 9.59 Å². The Bertz CT molecular complexity index is 587. The third kappa shape index (κ3) is 5.17. The van der Waals surface area contributed by atoms with E-state index in [0.29, 0.717) is 6.04 Å². The molecular formula is C20H30N2O2. The minimum absolute atomic E-state index is 0.00310. The lowest BCUT2D eigenvalue weighted by Crippen LogP contribution is -2.46. The van der Waals surface area contributed by atoms with Crippen LogP contribution in [0.3, 0.4) is 0 Å². The first-order chi connectivity index (χ1) is 11.4. The van der Waals surface area contributed by atoms with Crippen LogP contribution in [-0.4, -0.2) is 41.8 Å². The van der Waals surface area contributed by atoms with Crippen molar-refractivity contribution in [1.29, 1.82) is 0 Å². The molecule has 0 saturated carbocycles. The van der Waals surface area contributed by atoms with Gasteiger partial charge in [0.2, 0.25) is 5.91 Å². The summed E-state index contributed by atoms with van der Waals surface area (Å²) in [6, 6.07) is 6.70. The Hall–Kier alpha value is -1.68. The summed E-state index contributed by atoms with van der Waals surface area (Å²) < 4.78 is 0. The van der Waals surface area contributed by atoms with Gasteiger partial charge < -0.3 is 10.2 Å². The van der Waals surface area contributed by atoms with E-state index in [2.05, 4.69) is 24.1 Å². The van der Waals surface area contributed by atoms with E-state index in [4.69, 9.17) is 0 Å². The molecule has 0 bridgehead atoms. The standard InChI is InChI=1S/C20H30N2O2/c1-14(2)22-11-9-17(10-12-22)21-20(24)8-7-19(23)18-13-15(3)5-6-16(18)4/h5-6,13-14,17H,7-12H2,1-4H3,(H,21,24). The van der Waals surface area contributed by atoms with Gasteiger partial charge in [-0.1, -0.05) is 17.7 Å². The van der Waals surface area contributed by atoms with E-state index in [1.54, 1.807) is 0 Å². The third-order valence-corrected chi connectivity index (χ3v) is 4.90. The zero-order chi connectivity index (χ0) is 17.7. The SMILES string of the molecule is Cc1ccc(C)c(C(=O)CCC(=O)NC2CCN(C(C)C)CC2)c1. The molecule has 0 unspecified atom stereocenters. The van der Waals surface area contributed by atoms with Crippen LogP contribution in [0.5, 0.6) is 0 Å². The zero-order valence-electron chi connectivity index (χ0n) is 15.4. The number of piperidine rings is 1. The lowest BCUT2D eigenvalue weighted by Gasteiger charge is -2.34. The third-order valence-electron chi connectivity index (χ3n) is 4.90. The van der Waals surface area contributed by atoms with Crippen molar-refractivity contribution >= 4 is 11.7 Å². The van der Waals surface area contributed by atoms with E-state index in [9.17, 15) is 9.59 Å². The van der Waals surface area contributed by atoms with E-state index in [0.717, 1.165) is 42.6 Å². The van der Waals surface area contributed by atoms with Gasteiger partial charge in [0.25, 0.3) is 0 Å². The smallest absolute Gasteiger partial charge is 0.220 e. The topological polar surface area (TPSA) is 49.4 Å². The van der Waals surface area contributed by atoms with Gasteiger partial charge >= 0.3 is 0 Å². The Labute approximate surface area is 145 Å². The second kappa shape index (κ2) is 8.43. The summed E-state index contributed by atoms with van der Waals surface area (Å²) in [5.74, 6) is 0.0534. The maximum absolute atomic E-state index is 12.3. The van der Waals surface area contributed by atoms with E-state index in [1.807, 2.05) is 32.0 Å². The molecule has 0 atom stereocenters. The number of likely N-dealkylation sites (tertiary alicyclic amines) is 1. The average Bonchev–Trinajstić information content (AvgIpc) is 2.55. The maximum Gasteiger partial charge on any atom is 0.220 e. The molecule has 4 heteroatoms. The number of carbonyl (C=O) groups excluding carboxylic acids is 2. The first-order valence-corrected chi connectivity index (χ1v) is 9.00. The fraction of sp³-hybridized carbons (Fsp3) is 0.600. The zero-order valence-corrected chi connectivity index (χ0v) is 15.4. The maximum atomic E-state index is 12.3. The number of carbonyl (C=O) groups is 2. The number of Topliss-reactive ketones (excluding diaryl/α,β-unsaturated/α-hetero) is 1. The molecule has 0 aliphatic carbocycles. The van der Waals surface area contributed by atoms with Crippen molar-refractivity contribution in [3.63, 3.8) is 0 Å². The molecule has 1 aromatic carbocycles. The number of benzene rings is 1. The summed E-state index contributed by atoms with van der Waals surface area (Å²) in [5, 5.41) is 3.09. The summed E-state index contributed by atoms with van der Waals surface area (Å²) in [4.78, 5) is 26.9. The highest BCUT2D eigenvalue weighted by atomic mass is 16.2. The molecule has 1 aliphatic rings. The molecule has 132 valence electrons. The molecule has 1 N–H and O–H groups in total. The van der Waals surface area contributed by atoms with Crippen molar-refractivity contribution in [2.45, 2.75) is 65.5 Å². The van der Waals surface area contributed by atoms with Gasteiger partial charge in [-0.25, -0.2) is 0 Å². The van der Waals surface area contributed by atoms with Crippen molar-refractivity contribution in [3.8, 4) is 0 Å². The van der Waals surface area contributed by atoms with E-state index in [1.165, 1.54) is 0 Å². The summed E-state index contributed by atoms with van der Waals surface area (Å²) in [7, 11) is 0. The highest BCUT2D eigenvalue weighted by molar-refractivity contribution is 5.99. The summed E-state index contributed by atoms with van der Waals surface area (Å²) in [6.07, 6.45) is 2.54. The number of ketones is 1. The summed E-state index contributed by atoms with van der Waals surface area (Å²) >= 11 is 0. The minimum Gasteiger partial charge on any atom is -0.353 e. The van der Waals surface area contributed by atoms with Crippen molar-refractivity contribution < 1.29 is 9.59 Å². The van der Waals surface area contributed by atoms with E-state index >= 15 is 0 Å². The molecule has 0 spiro atoms. The van der Waals surface area contributed by atoms with Gasteiger partial charge in [-0.2, -0.15) is 0 Å². The van der Waals surface area contributed by atoms with Crippen molar-refractivity contribution in [2.24, 2.45) is 0 Å². The Kier molecular flexibility index (Phi) is 6.55. The van der Waals surface area contributed by atoms with E-state index < -0.39 is 0 Å². The molecule has 2 rings (SSSR count). The van der Waals surface area contributed by atoms with Crippen molar-refractivity contribution in [2.75, 3.05) is 13.1 Å². The largest absolute Gasteiger partial charge is 0.353 e. The number of aryl methyl sites for hydroxylation is 2. The van der Waals surface area contributed by atoms with E-state index in [-0.39, 0.29) is 30.6 Å². The minimum atomic E-state index is -0.00310. The molecule has 1 saturated heterocycles. The lowest BCUT2D eigenvalue weighted by molar-refractivity contribution is -0.122. The Balaban J connectivity index is 1.77. The van der Waals surface area contributed by atoms with Gasteiger partial charge in [-0.15, -0.1) is 0 Å². The van der Waals surface area contributed by atoms with Crippen LogP contribution >= 0.6 is 0 Å². The average molecular weight is 330 g/mol. The number of hydrogen-bond donors (Lipinski definition) is 1. The number of hydrogen-bond acceptors (Lipinski definition) is 3. The predicted octanol–water partition coefficient (Wildman–Crippen LogP) is 3.26. The summed E-state index contributed by atoms with van der Waals surface area (Å²) in [6.45, 7) is 10.4. The first-order valence-electron chi connectivity index (χ1n) is 9.00. The molecule has 0 radical (unpaired) electrons. The van der Waals surface area contributed by atoms with Gasteiger partial charge in [0, 0.05) is 43.6 Å². The van der Waals surface area contributed by atoms with Crippen LogP contribution < -0.4 is 5.32 Å². The fourth-order valence-electron chi connectivity index (χ4n) is 3.26.